The highest BCUT2D eigenvalue weighted by atomic mass is 32.1. The van der Waals surface area contributed by atoms with E-state index in [1.165, 1.54) is 16.1 Å². The molecule has 1 aliphatic carbocycles. The fourth-order valence-electron chi connectivity index (χ4n) is 4.16. The molecule has 0 spiro atoms. The van der Waals surface area contributed by atoms with Crippen LogP contribution in [-0.2, 0) is 10.2 Å². The van der Waals surface area contributed by atoms with E-state index in [2.05, 4.69) is 60.7 Å². The monoisotopic (exact) mass is 491 g/mol. The van der Waals surface area contributed by atoms with Crippen LogP contribution in [0.2, 0.25) is 0 Å². The summed E-state index contributed by atoms with van der Waals surface area (Å²) in [5, 5.41) is 6.82. The van der Waals surface area contributed by atoms with Crippen LogP contribution in [-0.4, -0.2) is 56.7 Å². The van der Waals surface area contributed by atoms with Crippen LogP contribution in [0, 0.1) is 0 Å². The minimum atomic E-state index is 0.117. The Morgan fingerprint density at radius 1 is 1.11 bits per heavy atom. The van der Waals surface area contributed by atoms with Gasteiger partial charge >= 0.3 is 0 Å². The molecule has 2 heterocycles. The van der Waals surface area contributed by atoms with Crippen LogP contribution in [0.5, 0.6) is 5.75 Å². The Kier molecular flexibility index (Phi) is 8.47. The van der Waals surface area contributed by atoms with E-state index >= 15 is 0 Å². The van der Waals surface area contributed by atoms with Crippen molar-refractivity contribution < 1.29 is 9.53 Å². The first-order chi connectivity index (χ1) is 16.9. The van der Waals surface area contributed by atoms with Gasteiger partial charge in [0.1, 0.15) is 12.4 Å². The molecular formula is C29H37N3O2S. The fraction of sp³-hybridized carbons (Fsp3) is 0.414. The zero-order valence-electron chi connectivity index (χ0n) is 21.1. The molecule has 1 N–H and O–H groups in total. The second-order valence-corrected chi connectivity index (χ2v) is 10.9. The lowest BCUT2D eigenvalue weighted by Gasteiger charge is -2.27. The smallest absolute Gasteiger partial charge is 0.253 e. The Bertz CT molecular complexity index is 1070. The first-order valence-electron chi connectivity index (χ1n) is 12.5. The number of nitrogens with one attached hydrogen (secondary N) is 1. The number of rotatable bonds is 8. The van der Waals surface area contributed by atoms with Gasteiger partial charge < -0.3 is 19.9 Å². The van der Waals surface area contributed by atoms with E-state index in [1.54, 1.807) is 11.3 Å². The van der Waals surface area contributed by atoms with E-state index in [-0.39, 0.29) is 11.3 Å². The molecule has 1 aromatic heterocycles. The number of anilines is 1. The number of nitrogens with zero attached hydrogens (tertiary/aromatic N) is 2. The maximum absolute atomic E-state index is 13.0. The van der Waals surface area contributed by atoms with Crippen molar-refractivity contribution in [3.63, 3.8) is 0 Å². The number of carbonyl (C=O) groups is 1. The minimum absolute atomic E-state index is 0.117. The van der Waals surface area contributed by atoms with E-state index in [4.69, 9.17) is 4.74 Å². The van der Waals surface area contributed by atoms with E-state index in [0.717, 1.165) is 57.0 Å². The number of ether oxygens (including phenoxy) is 1. The Morgan fingerprint density at radius 3 is 2.60 bits per heavy atom. The van der Waals surface area contributed by atoms with Crippen LogP contribution in [0.15, 0.2) is 77.2 Å². The van der Waals surface area contributed by atoms with Gasteiger partial charge in [-0.2, -0.15) is 0 Å². The normalized spacial score (nSPS) is 16.4. The largest absolute Gasteiger partial charge is 0.492 e. The lowest BCUT2D eigenvalue weighted by atomic mass is 9.89. The molecule has 1 fully saturated rings. The summed E-state index contributed by atoms with van der Waals surface area (Å²) in [6, 6.07) is 12.3. The number of carbonyl (C=O) groups excluding carboxylic acids is 1. The molecule has 1 aliphatic heterocycles. The molecule has 0 radical (unpaired) electrons. The van der Waals surface area contributed by atoms with E-state index in [0.29, 0.717) is 6.61 Å². The molecule has 5 nitrogen and oxygen atoms in total. The highest BCUT2D eigenvalue weighted by Crippen LogP contribution is 2.33. The van der Waals surface area contributed by atoms with Crippen molar-refractivity contribution in [1.82, 2.24) is 10.2 Å². The van der Waals surface area contributed by atoms with Gasteiger partial charge in [-0.1, -0.05) is 57.2 Å². The van der Waals surface area contributed by atoms with Gasteiger partial charge in [-0.25, -0.2) is 0 Å². The molecule has 1 aromatic carbocycles. The molecule has 6 heteroatoms. The quantitative estimate of drug-likeness (QED) is 0.553. The fourth-order valence-corrected chi connectivity index (χ4v) is 5.33. The van der Waals surface area contributed by atoms with Crippen molar-refractivity contribution in [2.75, 3.05) is 50.8 Å². The lowest BCUT2D eigenvalue weighted by molar-refractivity contribution is -0.127. The Hall–Kier alpha value is -2.83. The van der Waals surface area contributed by atoms with Crippen LogP contribution in [0.4, 0.5) is 5.00 Å². The number of amides is 1. The van der Waals surface area contributed by atoms with Gasteiger partial charge in [0.25, 0.3) is 5.91 Å². The van der Waals surface area contributed by atoms with Crippen molar-refractivity contribution in [3.8, 4) is 5.75 Å². The first-order valence-corrected chi connectivity index (χ1v) is 13.4. The maximum atomic E-state index is 13.0. The van der Waals surface area contributed by atoms with Crippen LogP contribution in [0.1, 0.15) is 32.8 Å². The second kappa shape index (κ2) is 11.7. The zero-order valence-corrected chi connectivity index (χ0v) is 21.9. The van der Waals surface area contributed by atoms with Crippen molar-refractivity contribution in [3.05, 3.63) is 82.8 Å². The van der Waals surface area contributed by atoms with Gasteiger partial charge in [0, 0.05) is 38.3 Å². The molecule has 2 aliphatic rings. The number of hydrogen-bond acceptors (Lipinski definition) is 5. The lowest BCUT2D eigenvalue weighted by Crippen LogP contribution is -2.46. The highest BCUT2D eigenvalue weighted by Gasteiger charge is 2.21. The SMILES string of the molecule is CC(C)(C)c1csc(N(CCOc2ccccc2)CC2=CCC=C(C(=O)N3CCNCC3)C=C2)c1. The summed E-state index contributed by atoms with van der Waals surface area (Å²) in [5.41, 5.74) is 3.48. The minimum Gasteiger partial charge on any atom is -0.492 e. The molecule has 0 saturated carbocycles. The molecule has 1 saturated heterocycles. The number of piperazine rings is 1. The molecule has 2 aromatic rings. The van der Waals surface area contributed by atoms with E-state index in [9.17, 15) is 4.79 Å². The van der Waals surface area contributed by atoms with Gasteiger partial charge in [-0.15, -0.1) is 11.3 Å². The molecule has 1 amide bonds. The van der Waals surface area contributed by atoms with Gasteiger partial charge in [-0.05, 0) is 52.6 Å². The van der Waals surface area contributed by atoms with Crippen LogP contribution >= 0.6 is 11.3 Å². The number of allylic oxidation sites excluding steroid dienone is 2. The van der Waals surface area contributed by atoms with Gasteiger partial charge in [0.05, 0.1) is 11.5 Å². The summed E-state index contributed by atoms with van der Waals surface area (Å²) in [5.74, 6) is 1.03. The molecule has 0 unspecified atom stereocenters. The molecule has 0 bridgehead atoms. The average molecular weight is 492 g/mol. The van der Waals surface area contributed by atoms with Crippen LogP contribution in [0.3, 0.4) is 0 Å². The standard InChI is InChI=1S/C29H37N3O2S/c1-29(2,3)25-20-27(35-22-25)32(18-19-34-26-10-5-4-6-11-26)21-23-8-7-9-24(13-12-23)28(33)31-16-14-30-15-17-31/h4-6,8-13,20,22,30H,7,14-19,21H2,1-3H3. The number of hydrogen-bond donors (Lipinski definition) is 1. The molecule has 35 heavy (non-hydrogen) atoms. The highest BCUT2D eigenvalue weighted by molar-refractivity contribution is 7.14. The predicted molar refractivity (Wildman–Crippen MR) is 147 cm³/mol. The summed E-state index contributed by atoms with van der Waals surface area (Å²) < 4.78 is 6.02. The summed E-state index contributed by atoms with van der Waals surface area (Å²) >= 11 is 1.79. The first kappa shape index (κ1) is 25.3. The zero-order chi connectivity index (χ0) is 24.7. The Morgan fingerprint density at radius 2 is 1.89 bits per heavy atom. The predicted octanol–water partition coefficient (Wildman–Crippen LogP) is 5.18. The van der Waals surface area contributed by atoms with Gasteiger partial charge in [0.15, 0.2) is 0 Å². The third kappa shape index (κ3) is 7.09. The number of benzene rings is 1. The van der Waals surface area contributed by atoms with Crippen LogP contribution in [0.25, 0.3) is 0 Å². The summed E-state index contributed by atoms with van der Waals surface area (Å²) in [7, 11) is 0. The molecule has 186 valence electrons. The summed E-state index contributed by atoms with van der Waals surface area (Å²) in [6.45, 7) is 12.2. The molecule has 0 atom stereocenters. The second-order valence-electron chi connectivity index (χ2n) is 10.1. The topological polar surface area (TPSA) is 44.8 Å². The Balaban J connectivity index is 1.44. The van der Waals surface area contributed by atoms with E-state index in [1.807, 2.05) is 41.3 Å². The van der Waals surface area contributed by atoms with Crippen molar-refractivity contribution >= 4 is 22.2 Å². The molecular weight excluding hydrogens is 454 g/mol. The van der Waals surface area contributed by atoms with Crippen molar-refractivity contribution in [2.24, 2.45) is 0 Å². The summed E-state index contributed by atoms with van der Waals surface area (Å²) in [4.78, 5) is 17.3. The van der Waals surface area contributed by atoms with Crippen molar-refractivity contribution in [2.45, 2.75) is 32.6 Å². The summed E-state index contributed by atoms with van der Waals surface area (Å²) in [6.07, 6.45) is 9.16. The number of thiophene rings is 1. The van der Waals surface area contributed by atoms with Gasteiger partial charge in [-0.3, -0.25) is 4.79 Å². The van der Waals surface area contributed by atoms with Crippen LogP contribution < -0.4 is 15.0 Å². The third-order valence-electron chi connectivity index (χ3n) is 6.36. The molecule has 4 rings (SSSR count). The van der Waals surface area contributed by atoms with E-state index < -0.39 is 0 Å². The Labute approximate surface area is 213 Å². The maximum Gasteiger partial charge on any atom is 0.253 e. The number of para-hydroxylation sites is 1. The average Bonchev–Trinajstić information content (AvgIpc) is 3.26. The van der Waals surface area contributed by atoms with Crippen molar-refractivity contribution in [1.29, 1.82) is 0 Å². The van der Waals surface area contributed by atoms with Gasteiger partial charge in [0.2, 0.25) is 0 Å². The third-order valence-corrected chi connectivity index (χ3v) is 7.35.